The molecule has 4 heteroatoms. The van der Waals surface area contributed by atoms with Crippen LogP contribution in [0.25, 0.3) is 0 Å². The van der Waals surface area contributed by atoms with Crippen LogP contribution in [0, 0.1) is 5.92 Å². The molecule has 2 fully saturated rings. The van der Waals surface area contributed by atoms with Crippen LogP contribution in [-0.2, 0) is 6.54 Å². The van der Waals surface area contributed by atoms with Gasteiger partial charge >= 0.3 is 0 Å². The number of anilines is 1. The minimum absolute atomic E-state index is 0.731. The summed E-state index contributed by atoms with van der Waals surface area (Å²) in [6.45, 7) is 2.03. The first-order chi connectivity index (χ1) is 8.83. The first kappa shape index (κ1) is 11.9. The number of rotatable bonds is 6. The maximum absolute atomic E-state index is 4.46. The number of nitrogens with zero attached hydrogens (tertiary/aromatic N) is 3. The van der Waals surface area contributed by atoms with Crippen LogP contribution in [0.15, 0.2) is 12.5 Å². The van der Waals surface area contributed by atoms with E-state index in [9.17, 15) is 0 Å². The molecule has 0 atom stereocenters. The molecule has 0 amide bonds. The topological polar surface area (TPSA) is 41.1 Å². The van der Waals surface area contributed by atoms with Crippen molar-refractivity contribution in [2.45, 2.75) is 44.7 Å². The highest BCUT2D eigenvalue weighted by atomic mass is 15.2. The molecule has 4 nitrogen and oxygen atoms in total. The van der Waals surface area contributed by atoms with Crippen LogP contribution >= 0.6 is 0 Å². The van der Waals surface area contributed by atoms with Crippen molar-refractivity contribution in [2.24, 2.45) is 5.92 Å². The van der Waals surface area contributed by atoms with E-state index in [1.807, 2.05) is 6.20 Å². The van der Waals surface area contributed by atoms with Gasteiger partial charge < -0.3 is 10.2 Å². The Morgan fingerprint density at radius 1 is 1.33 bits per heavy atom. The Kier molecular flexibility index (Phi) is 3.46. The maximum atomic E-state index is 4.46. The van der Waals surface area contributed by atoms with Crippen molar-refractivity contribution >= 4 is 5.82 Å². The van der Waals surface area contributed by atoms with Crippen LogP contribution in [0.3, 0.4) is 0 Å². The number of hydrogen-bond acceptors (Lipinski definition) is 4. The van der Waals surface area contributed by atoms with Crippen LogP contribution in [0.5, 0.6) is 0 Å². The Labute approximate surface area is 109 Å². The Morgan fingerprint density at radius 3 is 2.83 bits per heavy atom. The number of aromatic nitrogens is 2. The SMILES string of the molecule is CN(CC1CCC1)c1ncncc1CNC1CC1. The minimum Gasteiger partial charge on any atom is -0.359 e. The molecular formula is C14H22N4. The van der Waals surface area contributed by atoms with Gasteiger partial charge in [0, 0.05) is 37.9 Å². The molecule has 1 aromatic rings. The van der Waals surface area contributed by atoms with Gasteiger partial charge in [-0.2, -0.15) is 0 Å². The highest BCUT2D eigenvalue weighted by Gasteiger charge is 2.23. The van der Waals surface area contributed by atoms with Gasteiger partial charge in [0.15, 0.2) is 0 Å². The summed E-state index contributed by atoms with van der Waals surface area (Å²) in [5, 5.41) is 3.54. The van der Waals surface area contributed by atoms with Gasteiger partial charge in [-0.3, -0.25) is 0 Å². The van der Waals surface area contributed by atoms with Crippen LogP contribution in [0.1, 0.15) is 37.7 Å². The third-order valence-electron chi connectivity index (χ3n) is 4.04. The fourth-order valence-corrected chi connectivity index (χ4v) is 2.51. The second kappa shape index (κ2) is 5.22. The lowest BCUT2D eigenvalue weighted by atomic mass is 9.85. The van der Waals surface area contributed by atoms with E-state index in [0.29, 0.717) is 0 Å². The molecule has 2 saturated carbocycles. The van der Waals surface area contributed by atoms with E-state index < -0.39 is 0 Å². The molecule has 3 rings (SSSR count). The molecule has 1 heterocycles. The van der Waals surface area contributed by atoms with Crippen molar-refractivity contribution in [2.75, 3.05) is 18.5 Å². The van der Waals surface area contributed by atoms with Crippen LogP contribution < -0.4 is 10.2 Å². The molecular weight excluding hydrogens is 224 g/mol. The molecule has 0 unspecified atom stereocenters. The van der Waals surface area contributed by atoms with Crippen LogP contribution in [0.4, 0.5) is 5.82 Å². The number of nitrogens with one attached hydrogen (secondary N) is 1. The molecule has 2 aliphatic rings. The quantitative estimate of drug-likeness (QED) is 0.833. The van der Waals surface area contributed by atoms with E-state index in [1.165, 1.54) is 37.7 Å². The molecule has 0 saturated heterocycles. The van der Waals surface area contributed by atoms with Gasteiger partial charge in [0.05, 0.1) is 0 Å². The van der Waals surface area contributed by atoms with Gasteiger partial charge in [-0.15, -0.1) is 0 Å². The fraction of sp³-hybridized carbons (Fsp3) is 0.714. The molecule has 1 aromatic heterocycles. The standard InChI is InChI=1S/C14H22N4/c1-18(9-11-3-2-4-11)14-12(7-15-10-17-14)8-16-13-5-6-13/h7,10-11,13,16H,2-6,8-9H2,1H3. The maximum Gasteiger partial charge on any atom is 0.136 e. The van der Waals surface area contributed by atoms with Gasteiger partial charge in [0.25, 0.3) is 0 Å². The van der Waals surface area contributed by atoms with Gasteiger partial charge in [-0.05, 0) is 31.6 Å². The molecule has 0 spiro atoms. The summed E-state index contributed by atoms with van der Waals surface area (Å²) in [6, 6.07) is 0.731. The fourth-order valence-electron chi connectivity index (χ4n) is 2.51. The molecule has 1 N–H and O–H groups in total. The monoisotopic (exact) mass is 246 g/mol. The largest absolute Gasteiger partial charge is 0.359 e. The Morgan fingerprint density at radius 2 is 2.17 bits per heavy atom. The summed E-state index contributed by atoms with van der Waals surface area (Å²) in [6.07, 6.45) is 10.4. The highest BCUT2D eigenvalue weighted by Crippen LogP contribution is 2.28. The third kappa shape index (κ3) is 2.80. The summed E-state index contributed by atoms with van der Waals surface area (Å²) in [4.78, 5) is 10.9. The van der Waals surface area contributed by atoms with E-state index in [2.05, 4.69) is 27.2 Å². The van der Waals surface area contributed by atoms with E-state index in [0.717, 1.165) is 30.9 Å². The summed E-state index contributed by atoms with van der Waals surface area (Å²) in [7, 11) is 2.15. The van der Waals surface area contributed by atoms with Crippen molar-refractivity contribution in [1.29, 1.82) is 0 Å². The van der Waals surface area contributed by atoms with Crippen molar-refractivity contribution in [3.63, 3.8) is 0 Å². The molecule has 2 aliphatic carbocycles. The lowest BCUT2D eigenvalue weighted by Gasteiger charge is -2.31. The summed E-state index contributed by atoms with van der Waals surface area (Å²) in [5.41, 5.74) is 1.23. The smallest absolute Gasteiger partial charge is 0.136 e. The molecule has 0 aliphatic heterocycles. The normalized spacial score (nSPS) is 19.6. The van der Waals surface area contributed by atoms with E-state index in [1.54, 1.807) is 6.33 Å². The van der Waals surface area contributed by atoms with Crippen molar-refractivity contribution in [3.8, 4) is 0 Å². The highest BCUT2D eigenvalue weighted by molar-refractivity contribution is 5.44. The summed E-state index contributed by atoms with van der Waals surface area (Å²) >= 11 is 0. The first-order valence-corrected chi connectivity index (χ1v) is 7.06. The molecule has 0 aromatic carbocycles. The molecule has 0 bridgehead atoms. The van der Waals surface area contributed by atoms with Gasteiger partial charge in [0.1, 0.15) is 12.1 Å². The Hall–Kier alpha value is -1.16. The van der Waals surface area contributed by atoms with Crippen molar-refractivity contribution in [3.05, 3.63) is 18.1 Å². The van der Waals surface area contributed by atoms with Gasteiger partial charge in [-0.25, -0.2) is 9.97 Å². The Bertz CT molecular complexity index is 399. The van der Waals surface area contributed by atoms with Crippen molar-refractivity contribution < 1.29 is 0 Å². The number of hydrogen-bond donors (Lipinski definition) is 1. The van der Waals surface area contributed by atoms with E-state index in [-0.39, 0.29) is 0 Å². The predicted molar refractivity (Wildman–Crippen MR) is 72.5 cm³/mol. The molecule has 0 radical (unpaired) electrons. The van der Waals surface area contributed by atoms with E-state index >= 15 is 0 Å². The van der Waals surface area contributed by atoms with E-state index in [4.69, 9.17) is 0 Å². The average Bonchev–Trinajstić information content (AvgIpc) is 3.15. The Balaban J connectivity index is 1.64. The van der Waals surface area contributed by atoms with Crippen LogP contribution in [-0.4, -0.2) is 29.6 Å². The predicted octanol–water partition coefficient (Wildman–Crippen LogP) is 1.96. The van der Waals surface area contributed by atoms with Crippen molar-refractivity contribution in [1.82, 2.24) is 15.3 Å². The zero-order valence-corrected chi connectivity index (χ0v) is 11.1. The third-order valence-corrected chi connectivity index (χ3v) is 4.04. The molecule has 18 heavy (non-hydrogen) atoms. The van der Waals surface area contributed by atoms with Crippen LogP contribution in [0.2, 0.25) is 0 Å². The average molecular weight is 246 g/mol. The summed E-state index contributed by atoms with van der Waals surface area (Å²) < 4.78 is 0. The summed E-state index contributed by atoms with van der Waals surface area (Å²) in [5.74, 6) is 1.97. The zero-order valence-electron chi connectivity index (χ0n) is 11.1. The zero-order chi connectivity index (χ0) is 12.4. The second-order valence-corrected chi connectivity index (χ2v) is 5.70. The lowest BCUT2D eigenvalue weighted by molar-refractivity contribution is 0.321. The minimum atomic E-state index is 0.731. The lowest BCUT2D eigenvalue weighted by Crippen LogP contribution is -2.31. The first-order valence-electron chi connectivity index (χ1n) is 7.06. The van der Waals surface area contributed by atoms with Gasteiger partial charge in [0.2, 0.25) is 0 Å². The van der Waals surface area contributed by atoms with Gasteiger partial charge in [-0.1, -0.05) is 6.42 Å². The second-order valence-electron chi connectivity index (χ2n) is 5.70. The molecule has 98 valence electrons.